The predicted octanol–water partition coefficient (Wildman–Crippen LogP) is 5.41. The van der Waals surface area contributed by atoms with E-state index in [4.69, 9.17) is 9.73 Å². The highest BCUT2D eigenvalue weighted by molar-refractivity contribution is 7.07. The minimum Gasteiger partial charge on any atom is -0.463 e. The first-order chi connectivity index (χ1) is 18.5. The number of carbonyl (C=O) groups excluding carboxylic acids is 1. The maximum atomic E-state index is 14.1. The highest BCUT2D eigenvalue weighted by Crippen LogP contribution is 2.32. The van der Waals surface area contributed by atoms with Crippen LogP contribution in [0.3, 0.4) is 0 Å². The number of hydrogen-bond acceptors (Lipinski definition) is 5. The van der Waals surface area contributed by atoms with Crippen molar-refractivity contribution < 1.29 is 9.53 Å². The summed E-state index contributed by atoms with van der Waals surface area (Å²) in [6, 6.07) is 25.9. The van der Waals surface area contributed by atoms with E-state index < -0.39 is 12.0 Å². The van der Waals surface area contributed by atoms with Crippen LogP contribution in [-0.4, -0.2) is 17.1 Å². The number of rotatable bonds is 4. The normalized spacial score (nSPS) is 15.6. The first-order valence-electron chi connectivity index (χ1n) is 12.6. The van der Waals surface area contributed by atoms with Gasteiger partial charge in [0.2, 0.25) is 0 Å². The number of aryl methyl sites for hydroxylation is 1. The first-order valence-corrected chi connectivity index (χ1v) is 13.4. The van der Waals surface area contributed by atoms with E-state index in [9.17, 15) is 9.59 Å². The SMILES string of the molecule is CCOC(=O)C1=C(C)N=c2sc(=Cc3c4ccccc4cc4ccccc34)c(=O)n2[C@H]1c1ccc(C)cc1. The maximum absolute atomic E-state index is 14.1. The molecule has 1 aliphatic rings. The second-order valence-corrected chi connectivity index (χ2v) is 10.5. The molecule has 0 saturated heterocycles. The minimum absolute atomic E-state index is 0.175. The molecule has 0 saturated carbocycles. The lowest BCUT2D eigenvalue weighted by molar-refractivity contribution is -0.139. The third-order valence-electron chi connectivity index (χ3n) is 7.00. The van der Waals surface area contributed by atoms with E-state index in [1.54, 1.807) is 11.5 Å². The Balaban J connectivity index is 1.64. The first kappa shape index (κ1) is 24.1. The summed E-state index contributed by atoms with van der Waals surface area (Å²) in [6.45, 7) is 5.84. The molecule has 0 fully saturated rings. The van der Waals surface area contributed by atoms with Crippen LogP contribution in [0.4, 0.5) is 0 Å². The van der Waals surface area contributed by atoms with Gasteiger partial charge in [-0.25, -0.2) is 9.79 Å². The van der Waals surface area contributed by atoms with Crippen LogP contribution in [0, 0.1) is 6.92 Å². The summed E-state index contributed by atoms with van der Waals surface area (Å²) >= 11 is 1.35. The smallest absolute Gasteiger partial charge is 0.338 e. The minimum atomic E-state index is -0.614. The van der Waals surface area contributed by atoms with Gasteiger partial charge >= 0.3 is 5.97 Å². The number of ether oxygens (including phenoxy) is 1. The topological polar surface area (TPSA) is 60.7 Å². The van der Waals surface area contributed by atoms with Crippen LogP contribution in [0.2, 0.25) is 0 Å². The van der Waals surface area contributed by atoms with E-state index in [2.05, 4.69) is 30.3 Å². The van der Waals surface area contributed by atoms with E-state index in [0.29, 0.717) is 20.6 Å². The number of benzene rings is 4. The van der Waals surface area contributed by atoms with Crippen molar-refractivity contribution in [3.05, 3.63) is 127 Å². The summed E-state index contributed by atoms with van der Waals surface area (Å²) in [6.07, 6.45) is 1.98. The van der Waals surface area contributed by atoms with Crippen molar-refractivity contribution in [2.75, 3.05) is 6.61 Å². The Bertz CT molecular complexity index is 1890. The monoisotopic (exact) mass is 518 g/mol. The summed E-state index contributed by atoms with van der Waals surface area (Å²) in [5.74, 6) is -0.450. The van der Waals surface area contributed by atoms with Crippen LogP contribution in [0.5, 0.6) is 0 Å². The van der Waals surface area contributed by atoms with E-state index in [1.165, 1.54) is 11.3 Å². The Hall–Kier alpha value is -4.29. The molecule has 1 atom stereocenters. The van der Waals surface area contributed by atoms with Gasteiger partial charge in [-0.3, -0.25) is 9.36 Å². The Labute approximate surface area is 223 Å². The van der Waals surface area contributed by atoms with Crippen molar-refractivity contribution in [2.45, 2.75) is 26.8 Å². The summed E-state index contributed by atoms with van der Waals surface area (Å²) in [5, 5.41) is 4.39. The molecule has 0 spiro atoms. The molecule has 2 heterocycles. The van der Waals surface area contributed by atoms with Gasteiger partial charge in [-0.15, -0.1) is 0 Å². The second-order valence-electron chi connectivity index (χ2n) is 9.45. The van der Waals surface area contributed by atoms with Gasteiger partial charge in [-0.2, -0.15) is 0 Å². The van der Waals surface area contributed by atoms with Crippen LogP contribution in [-0.2, 0) is 9.53 Å². The van der Waals surface area contributed by atoms with Crippen LogP contribution < -0.4 is 14.9 Å². The highest BCUT2D eigenvalue weighted by Gasteiger charge is 2.33. The zero-order valence-electron chi connectivity index (χ0n) is 21.4. The van der Waals surface area contributed by atoms with Crippen LogP contribution in [0.15, 0.2) is 99.9 Å². The zero-order valence-corrected chi connectivity index (χ0v) is 22.2. The molecule has 5 aromatic rings. The third kappa shape index (κ3) is 3.98. The van der Waals surface area contributed by atoms with Crippen molar-refractivity contribution in [2.24, 2.45) is 4.99 Å². The van der Waals surface area contributed by atoms with Gasteiger partial charge in [0.15, 0.2) is 4.80 Å². The molecule has 4 aromatic carbocycles. The average Bonchev–Trinajstić information content (AvgIpc) is 3.22. The Morgan fingerprint density at radius 1 is 0.974 bits per heavy atom. The lowest BCUT2D eigenvalue weighted by Gasteiger charge is -2.24. The largest absolute Gasteiger partial charge is 0.463 e. The predicted molar refractivity (Wildman–Crippen MR) is 153 cm³/mol. The van der Waals surface area contributed by atoms with Crippen molar-refractivity contribution in [1.82, 2.24) is 4.57 Å². The van der Waals surface area contributed by atoms with Crippen molar-refractivity contribution in [3.8, 4) is 0 Å². The molecule has 1 aliphatic heterocycles. The maximum Gasteiger partial charge on any atom is 0.338 e. The molecular formula is C32H26N2O3S. The fraction of sp³-hybridized carbons (Fsp3) is 0.156. The molecule has 0 amide bonds. The standard InChI is InChI=1S/C32H26N2O3S/c1-4-37-31(36)28-20(3)33-32-34(29(28)21-15-13-19(2)14-16-21)30(35)27(38-32)18-26-24-11-7-5-9-22(24)17-23-10-6-8-12-25(23)26/h5-18,29H,4H2,1-3H3/t29-/m0/s1. The fourth-order valence-corrected chi connectivity index (χ4v) is 6.22. The summed E-state index contributed by atoms with van der Waals surface area (Å²) in [7, 11) is 0. The number of aromatic nitrogens is 1. The Morgan fingerprint density at radius 2 is 1.61 bits per heavy atom. The quantitative estimate of drug-likeness (QED) is 0.236. The molecule has 0 aliphatic carbocycles. The Morgan fingerprint density at radius 3 is 2.24 bits per heavy atom. The fourth-order valence-electron chi connectivity index (χ4n) is 5.19. The summed E-state index contributed by atoms with van der Waals surface area (Å²) in [5.41, 5.74) is 3.73. The number of allylic oxidation sites excluding steroid dienone is 1. The highest BCUT2D eigenvalue weighted by atomic mass is 32.1. The number of carbonyl (C=O) groups is 1. The van der Waals surface area contributed by atoms with E-state index in [-0.39, 0.29) is 12.2 Å². The number of fused-ring (bicyclic) bond motifs is 3. The molecule has 0 N–H and O–H groups in total. The van der Waals surface area contributed by atoms with Crippen LogP contribution >= 0.6 is 11.3 Å². The van der Waals surface area contributed by atoms with Crippen LogP contribution in [0.1, 0.15) is 36.6 Å². The van der Waals surface area contributed by atoms with Crippen LogP contribution in [0.25, 0.3) is 27.6 Å². The Kier molecular flexibility index (Phi) is 6.04. The van der Waals surface area contributed by atoms with Crippen molar-refractivity contribution in [3.63, 3.8) is 0 Å². The summed E-state index contributed by atoms with van der Waals surface area (Å²) in [4.78, 5) is 32.5. The van der Waals surface area contributed by atoms with Crippen molar-refractivity contribution in [1.29, 1.82) is 0 Å². The lowest BCUT2D eigenvalue weighted by atomic mass is 9.95. The van der Waals surface area contributed by atoms with Gasteiger partial charge < -0.3 is 4.74 Å². The molecular weight excluding hydrogens is 492 g/mol. The van der Waals surface area contributed by atoms with E-state index in [1.807, 2.05) is 68.5 Å². The van der Waals surface area contributed by atoms with Gasteiger partial charge in [-0.1, -0.05) is 89.7 Å². The molecule has 0 unspecified atom stereocenters. The molecule has 38 heavy (non-hydrogen) atoms. The molecule has 0 radical (unpaired) electrons. The molecule has 6 heteroatoms. The molecule has 6 rings (SSSR count). The van der Waals surface area contributed by atoms with Gasteiger partial charge in [-0.05, 0) is 65.6 Å². The van der Waals surface area contributed by atoms with Gasteiger partial charge in [0.1, 0.15) is 0 Å². The zero-order chi connectivity index (χ0) is 26.4. The number of esters is 1. The van der Waals surface area contributed by atoms with Gasteiger partial charge in [0, 0.05) is 0 Å². The molecule has 1 aromatic heterocycles. The van der Waals surface area contributed by atoms with E-state index in [0.717, 1.165) is 38.2 Å². The number of thiazole rings is 1. The molecule has 5 nitrogen and oxygen atoms in total. The lowest BCUT2D eigenvalue weighted by Crippen LogP contribution is -2.39. The third-order valence-corrected chi connectivity index (χ3v) is 7.98. The van der Waals surface area contributed by atoms with Crippen molar-refractivity contribution >= 4 is 44.9 Å². The second kappa shape index (κ2) is 9.54. The summed E-state index contributed by atoms with van der Waals surface area (Å²) < 4.78 is 7.62. The van der Waals surface area contributed by atoms with E-state index >= 15 is 0 Å². The van der Waals surface area contributed by atoms with Gasteiger partial charge in [0.05, 0.1) is 28.5 Å². The number of nitrogens with zero attached hydrogens (tertiary/aromatic N) is 2. The molecule has 188 valence electrons. The molecule has 0 bridgehead atoms. The number of hydrogen-bond donors (Lipinski definition) is 0. The van der Waals surface area contributed by atoms with Gasteiger partial charge in [0.25, 0.3) is 5.56 Å². The average molecular weight is 519 g/mol.